The fraction of sp³-hybridized carbons (Fsp3) is 0.278. The molecule has 1 aromatic carbocycles. The Labute approximate surface area is 129 Å². The largest absolute Gasteiger partial charge is 0.354 e. The third-order valence-electron chi connectivity index (χ3n) is 4.29. The van der Waals surface area contributed by atoms with Crippen LogP contribution in [0.2, 0.25) is 0 Å². The van der Waals surface area contributed by atoms with Gasteiger partial charge in [0.1, 0.15) is 11.7 Å². The molecule has 1 N–H and O–H groups in total. The second-order valence-electron chi connectivity index (χ2n) is 5.75. The molecule has 0 unspecified atom stereocenters. The Hall–Kier alpha value is -2.20. The van der Waals surface area contributed by atoms with E-state index in [2.05, 4.69) is 28.4 Å². The highest BCUT2D eigenvalue weighted by molar-refractivity contribution is 6.04. The standard InChI is InChI=1S/C18H18FN3/c19-15-6-5-14-11-13-3-1-2-4-16(13)18(21-17(14)12-15)22-9-7-20-8-10-22/h1-4,6,11-12,20H,5,7-10H2. The van der Waals surface area contributed by atoms with Crippen molar-refractivity contribution in [2.24, 2.45) is 4.99 Å². The van der Waals surface area contributed by atoms with Crippen LogP contribution in [0.15, 0.2) is 58.5 Å². The topological polar surface area (TPSA) is 27.6 Å². The normalized spacial score (nSPS) is 20.9. The highest BCUT2D eigenvalue weighted by Gasteiger charge is 2.23. The highest BCUT2D eigenvalue weighted by atomic mass is 19.1. The van der Waals surface area contributed by atoms with Crippen molar-refractivity contribution in [3.63, 3.8) is 0 Å². The lowest BCUT2D eigenvalue weighted by Gasteiger charge is -2.31. The SMILES string of the molecule is FC1=CCC2=Cc3ccccc3C(N3CCNCC3)=NC2=C1. The lowest BCUT2D eigenvalue weighted by atomic mass is 9.99. The van der Waals surface area contributed by atoms with Crippen molar-refractivity contribution in [3.8, 4) is 0 Å². The summed E-state index contributed by atoms with van der Waals surface area (Å²) in [7, 11) is 0. The van der Waals surface area contributed by atoms with Gasteiger partial charge in [0, 0.05) is 31.7 Å². The summed E-state index contributed by atoms with van der Waals surface area (Å²) in [6, 6.07) is 8.29. The number of amidine groups is 1. The maximum Gasteiger partial charge on any atom is 0.137 e. The van der Waals surface area contributed by atoms with Crippen molar-refractivity contribution in [2.75, 3.05) is 26.2 Å². The summed E-state index contributed by atoms with van der Waals surface area (Å²) in [6.45, 7) is 3.76. The van der Waals surface area contributed by atoms with Crippen LogP contribution in [-0.4, -0.2) is 36.9 Å². The minimum atomic E-state index is -0.193. The van der Waals surface area contributed by atoms with Crippen LogP contribution < -0.4 is 5.32 Å². The number of aliphatic imine (C=N–C) groups is 1. The molecule has 3 aliphatic rings. The molecule has 0 amide bonds. The van der Waals surface area contributed by atoms with Crippen LogP contribution in [0, 0.1) is 0 Å². The van der Waals surface area contributed by atoms with Crippen LogP contribution in [0.25, 0.3) is 6.08 Å². The van der Waals surface area contributed by atoms with Crippen molar-refractivity contribution >= 4 is 11.9 Å². The van der Waals surface area contributed by atoms with Gasteiger partial charge < -0.3 is 10.2 Å². The van der Waals surface area contributed by atoms with Gasteiger partial charge in [-0.15, -0.1) is 0 Å². The molecule has 3 nitrogen and oxygen atoms in total. The number of hydrogen-bond donors (Lipinski definition) is 1. The fourth-order valence-corrected chi connectivity index (χ4v) is 3.14. The van der Waals surface area contributed by atoms with E-state index in [0.29, 0.717) is 6.42 Å². The Morgan fingerprint density at radius 3 is 2.77 bits per heavy atom. The molecule has 4 rings (SSSR count). The molecule has 2 heterocycles. The maximum atomic E-state index is 13.6. The van der Waals surface area contributed by atoms with E-state index in [4.69, 9.17) is 4.99 Å². The predicted molar refractivity (Wildman–Crippen MR) is 87.3 cm³/mol. The number of allylic oxidation sites excluding steroid dienone is 4. The first-order chi connectivity index (χ1) is 10.8. The second-order valence-corrected chi connectivity index (χ2v) is 5.75. The number of nitrogens with one attached hydrogen (secondary N) is 1. The average molecular weight is 295 g/mol. The molecule has 0 aromatic heterocycles. The van der Waals surface area contributed by atoms with Gasteiger partial charge in [0.2, 0.25) is 0 Å². The molecule has 4 heteroatoms. The van der Waals surface area contributed by atoms with Crippen LogP contribution in [-0.2, 0) is 0 Å². The molecule has 0 spiro atoms. The smallest absolute Gasteiger partial charge is 0.137 e. The quantitative estimate of drug-likeness (QED) is 0.797. The van der Waals surface area contributed by atoms with Gasteiger partial charge in [-0.25, -0.2) is 9.38 Å². The molecular weight excluding hydrogens is 277 g/mol. The number of halogens is 1. The molecule has 0 radical (unpaired) electrons. The Morgan fingerprint density at radius 1 is 1.09 bits per heavy atom. The molecule has 1 aliphatic carbocycles. The van der Waals surface area contributed by atoms with Crippen molar-refractivity contribution in [1.82, 2.24) is 10.2 Å². The minimum absolute atomic E-state index is 0.193. The van der Waals surface area contributed by atoms with Crippen LogP contribution in [0.1, 0.15) is 17.5 Å². The van der Waals surface area contributed by atoms with E-state index < -0.39 is 0 Å². The molecule has 1 fully saturated rings. The molecule has 0 atom stereocenters. The minimum Gasteiger partial charge on any atom is -0.354 e. The van der Waals surface area contributed by atoms with Crippen LogP contribution in [0.4, 0.5) is 4.39 Å². The van der Waals surface area contributed by atoms with Crippen molar-refractivity contribution in [2.45, 2.75) is 6.42 Å². The molecule has 22 heavy (non-hydrogen) atoms. The van der Waals surface area contributed by atoms with E-state index in [0.717, 1.165) is 54.4 Å². The van der Waals surface area contributed by atoms with Crippen LogP contribution in [0.5, 0.6) is 0 Å². The first kappa shape index (κ1) is 13.5. The van der Waals surface area contributed by atoms with E-state index in [1.54, 1.807) is 12.2 Å². The third kappa shape index (κ3) is 2.40. The van der Waals surface area contributed by atoms with Gasteiger partial charge in [-0.3, -0.25) is 0 Å². The van der Waals surface area contributed by atoms with E-state index in [-0.39, 0.29) is 5.83 Å². The summed E-state index contributed by atoms with van der Waals surface area (Å²) >= 11 is 0. The first-order valence-corrected chi connectivity index (χ1v) is 7.73. The van der Waals surface area contributed by atoms with Gasteiger partial charge >= 0.3 is 0 Å². The lowest BCUT2D eigenvalue weighted by Crippen LogP contribution is -2.46. The van der Waals surface area contributed by atoms with Gasteiger partial charge in [0.25, 0.3) is 0 Å². The van der Waals surface area contributed by atoms with Crippen molar-refractivity contribution in [3.05, 3.63) is 64.6 Å². The lowest BCUT2D eigenvalue weighted by molar-refractivity contribution is 0.358. The third-order valence-corrected chi connectivity index (χ3v) is 4.29. The monoisotopic (exact) mass is 295 g/mol. The predicted octanol–water partition coefficient (Wildman–Crippen LogP) is 2.88. The summed E-state index contributed by atoms with van der Waals surface area (Å²) in [4.78, 5) is 7.13. The van der Waals surface area contributed by atoms with Gasteiger partial charge in [-0.1, -0.05) is 24.3 Å². The summed E-state index contributed by atoms with van der Waals surface area (Å²) in [6.07, 6.45) is 5.90. The molecular formula is C18H18FN3. The van der Waals surface area contributed by atoms with Crippen molar-refractivity contribution in [1.29, 1.82) is 0 Å². The molecule has 1 saturated heterocycles. The van der Waals surface area contributed by atoms with Crippen LogP contribution >= 0.6 is 0 Å². The molecule has 0 bridgehead atoms. The van der Waals surface area contributed by atoms with E-state index in [9.17, 15) is 4.39 Å². The highest BCUT2D eigenvalue weighted by Crippen LogP contribution is 2.31. The second kappa shape index (κ2) is 5.54. The fourth-order valence-electron chi connectivity index (χ4n) is 3.14. The number of rotatable bonds is 0. The van der Waals surface area contributed by atoms with Gasteiger partial charge in [-0.05, 0) is 35.8 Å². The summed E-state index contributed by atoms with van der Waals surface area (Å²) in [5.41, 5.74) is 4.13. The van der Waals surface area contributed by atoms with E-state index >= 15 is 0 Å². The maximum absolute atomic E-state index is 13.6. The molecule has 1 aromatic rings. The summed E-state index contributed by atoms with van der Waals surface area (Å²) in [5, 5.41) is 3.36. The molecule has 2 aliphatic heterocycles. The zero-order chi connectivity index (χ0) is 14.9. The van der Waals surface area contributed by atoms with Crippen molar-refractivity contribution < 1.29 is 4.39 Å². The zero-order valence-electron chi connectivity index (χ0n) is 12.3. The number of piperazine rings is 1. The van der Waals surface area contributed by atoms with E-state index in [1.807, 2.05) is 12.1 Å². The Bertz CT molecular complexity index is 722. The Balaban J connectivity index is 1.86. The zero-order valence-corrected chi connectivity index (χ0v) is 12.3. The Kier molecular flexibility index (Phi) is 3.39. The number of fused-ring (bicyclic) bond motifs is 2. The van der Waals surface area contributed by atoms with Gasteiger partial charge in [0.15, 0.2) is 0 Å². The number of benzene rings is 1. The molecule has 112 valence electrons. The van der Waals surface area contributed by atoms with Gasteiger partial charge in [0.05, 0.1) is 5.70 Å². The first-order valence-electron chi connectivity index (χ1n) is 7.73. The van der Waals surface area contributed by atoms with Gasteiger partial charge in [-0.2, -0.15) is 0 Å². The molecule has 0 saturated carbocycles. The summed E-state index contributed by atoms with van der Waals surface area (Å²) < 4.78 is 13.6. The Morgan fingerprint density at radius 2 is 1.91 bits per heavy atom. The van der Waals surface area contributed by atoms with E-state index in [1.165, 1.54) is 0 Å². The number of nitrogens with zero attached hydrogens (tertiary/aromatic N) is 2. The number of hydrogen-bond acceptors (Lipinski definition) is 3. The summed E-state index contributed by atoms with van der Waals surface area (Å²) in [5.74, 6) is 0.769. The average Bonchev–Trinajstić information content (AvgIpc) is 2.72. The van der Waals surface area contributed by atoms with Crippen LogP contribution in [0.3, 0.4) is 0 Å².